The molecule has 4 rings (SSSR count). The molecule has 0 bridgehead atoms. The van der Waals surface area contributed by atoms with Crippen molar-refractivity contribution < 1.29 is 34.8 Å². The first-order chi connectivity index (χ1) is 15.9. The van der Waals surface area contributed by atoms with Crippen LogP contribution in [0.3, 0.4) is 0 Å². The minimum atomic E-state index is -2.42. The van der Waals surface area contributed by atoms with E-state index in [2.05, 4.69) is 11.8 Å². The zero-order valence-electron chi connectivity index (χ0n) is 19.3. The Morgan fingerprint density at radius 1 is 1.24 bits per heavy atom. The summed E-state index contributed by atoms with van der Waals surface area (Å²) in [5.41, 5.74) is 2.05. The number of benzene rings is 1. The maximum atomic E-state index is 13.5. The molecule has 1 fully saturated rings. The van der Waals surface area contributed by atoms with Gasteiger partial charge >= 0.3 is 0 Å². The van der Waals surface area contributed by atoms with Crippen molar-refractivity contribution in [3.63, 3.8) is 0 Å². The van der Waals surface area contributed by atoms with Crippen molar-refractivity contribution in [2.75, 3.05) is 14.1 Å². The van der Waals surface area contributed by atoms with Crippen molar-refractivity contribution in [3.05, 3.63) is 40.2 Å². The highest BCUT2D eigenvalue weighted by atomic mass is 16.4. The summed E-state index contributed by atoms with van der Waals surface area (Å²) in [6, 6.07) is 2.05. The maximum absolute atomic E-state index is 13.5. The summed E-state index contributed by atoms with van der Waals surface area (Å²) in [6.45, 7) is 1.65. The standard InChI is InChI=1S/C25H28N2O7/c1-4-5-12-6-7-16(28)20-14(12)8-13-9-15-22(27(2)3)24(33,11-18(26)30)10-17(29)25(15,34)23(32)19(13)21(20)31/h6-7,13,15,22,28,32-34H,8-11H2,1-3H3,(H2,26,30)/t13-,15-,22-,24?,25+/m0/s1. The van der Waals surface area contributed by atoms with E-state index in [-0.39, 0.29) is 29.7 Å². The first kappa shape index (κ1) is 24.0. The van der Waals surface area contributed by atoms with E-state index in [1.54, 1.807) is 32.0 Å². The zero-order valence-corrected chi connectivity index (χ0v) is 19.3. The van der Waals surface area contributed by atoms with Gasteiger partial charge < -0.3 is 31.1 Å². The second-order valence-electron chi connectivity index (χ2n) is 9.72. The van der Waals surface area contributed by atoms with E-state index in [9.17, 15) is 34.8 Å². The first-order valence-electron chi connectivity index (χ1n) is 11.1. The number of likely N-dealkylation sites (N-methyl/N-ethyl adjacent to an activating group) is 1. The van der Waals surface area contributed by atoms with Crippen molar-refractivity contribution in [2.24, 2.45) is 17.6 Å². The average molecular weight is 469 g/mol. The Kier molecular flexibility index (Phi) is 5.60. The van der Waals surface area contributed by atoms with E-state index in [1.807, 2.05) is 0 Å². The van der Waals surface area contributed by atoms with Crippen molar-refractivity contribution in [2.45, 2.75) is 49.9 Å². The molecule has 0 spiro atoms. The minimum absolute atomic E-state index is 0.00208. The Morgan fingerprint density at radius 2 is 1.91 bits per heavy atom. The van der Waals surface area contributed by atoms with Crippen LogP contribution in [0.1, 0.15) is 47.7 Å². The van der Waals surface area contributed by atoms with Crippen LogP contribution in [0.25, 0.3) is 0 Å². The van der Waals surface area contributed by atoms with Crippen LogP contribution >= 0.6 is 0 Å². The van der Waals surface area contributed by atoms with Gasteiger partial charge in [0.25, 0.3) is 0 Å². The number of phenolic OH excluding ortho intramolecular Hbond substituents is 1. The molecular weight excluding hydrogens is 440 g/mol. The fourth-order valence-corrected chi connectivity index (χ4v) is 6.28. The van der Waals surface area contributed by atoms with E-state index < -0.39 is 65.2 Å². The van der Waals surface area contributed by atoms with Gasteiger partial charge in [0.15, 0.2) is 17.2 Å². The van der Waals surface area contributed by atoms with E-state index in [4.69, 9.17) is 5.73 Å². The predicted octanol–water partition coefficient (Wildman–Crippen LogP) is 0.191. The molecule has 6 N–H and O–H groups in total. The number of aliphatic hydroxyl groups excluding tert-OH is 1. The summed E-state index contributed by atoms with van der Waals surface area (Å²) in [5, 5.41) is 44.6. The average Bonchev–Trinajstić information content (AvgIpc) is 2.71. The molecule has 180 valence electrons. The summed E-state index contributed by atoms with van der Waals surface area (Å²) < 4.78 is 0. The smallest absolute Gasteiger partial charge is 0.220 e. The molecule has 34 heavy (non-hydrogen) atoms. The monoisotopic (exact) mass is 468 g/mol. The molecule has 0 saturated heterocycles. The number of aliphatic hydroxyl groups is 3. The highest BCUT2D eigenvalue weighted by molar-refractivity contribution is 6.14. The second kappa shape index (κ2) is 7.94. The van der Waals surface area contributed by atoms with E-state index >= 15 is 0 Å². The highest BCUT2D eigenvalue weighted by Crippen LogP contribution is 2.54. The normalized spacial score (nSPS) is 32.5. The molecule has 1 aromatic carbocycles. The Bertz CT molecular complexity index is 1210. The fraction of sp³-hybridized carbons (Fsp3) is 0.480. The summed E-state index contributed by atoms with van der Waals surface area (Å²) in [7, 11) is 3.27. The molecule has 0 aliphatic heterocycles. The number of hydrogen-bond donors (Lipinski definition) is 5. The number of nitrogens with two attached hydrogens (primary N) is 1. The summed E-state index contributed by atoms with van der Waals surface area (Å²) >= 11 is 0. The third-order valence-corrected chi connectivity index (χ3v) is 7.43. The number of amides is 1. The Morgan fingerprint density at radius 3 is 2.50 bits per heavy atom. The number of Topliss-reactive ketones (excluding diaryl/α,β-unsaturated/α-hetero) is 2. The van der Waals surface area contributed by atoms with E-state index in [0.717, 1.165) is 0 Å². The van der Waals surface area contributed by atoms with Gasteiger partial charge in [-0.25, -0.2) is 0 Å². The Hall–Kier alpha value is -3.19. The quantitative estimate of drug-likeness (QED) is 0.393. The van der Waals surface area contributed by atoms with Gasteiger partial charge in [-0.05, 0) is 57.5 Å². The third-order valence-electron chi connectivity index (χ3n) is 7.43. The topological polar surface area (TPSA) is 161 Å². The van der Waals surface area contributed by atoms with Gasteiger partial charge in [0.1, 0.15) is 11.5 Å². The molecule has 1 unspecified atom stereocenters. The van der Waals surface area contributed by atoms with Crippen molar-refractivity contribution in [1.29, 1.82) is 0 Å². The molecule has 9 heteroatoms. The molecule has 1 saturated carbocycles. The number of primary amides is 1. The molecule has 1 amide bonds. The number of allylic oxidation sites excluding steroid dienone is 1. The zero-order chi connectivity index (χ0) is 25.2. The number of phenols is 1. The summed E-state index contributed by atoms with van der Waals surface area (Å²) in [5.74, 6) is 0.703. The third kappa shape index (κ3) is 3.25. The number of nitrogens with zero attached hydrogens (tertiary/aromatic N) is 1. The van der Waals surface area contributed by atoms with Gasteiger partial charge in [0.2, 0.25) is 5.91 Å². The van der Waals surface area contributed by atoms with Crippen LogP contribution in [0.4, 0.5) is 0 Å². The van der Waals surface area contributed by atoms with Gasteiger partial charge in [-0.3, -0.25) is 14.4 Å². The number of ketones is 2. The lowest BCUT2D eigenvalue weighted by atomic mass is 9.55. The lowest BCUT2D eigenvalue weighted by Crippen LogP contribution is -2.71. The number of hydrogen-bond acceptors (Lipinski definition) is 8. The molecule has 0 radical (unpaired) electrons. The number of rotatable bonds is 3. The van der Waals surface area contributed by atoms with Crippen LogP contribution in [0.15, 0.2) is 23.5 Å². The van der Waals surface area contributed by atoms with Gasteiger partial charge in [-0.2, -0.15) is 0 Å². The number of carbonyl (C=O) groups is 3. The lowest BCUT2D eigenvalue weighted by Gasteiger charge is -2.56. The van der Waals surface area contributed by atoms with Crippen LogP contribution < -0.4 is 5.73 Å². The Labute approximate surface area is 196 Å². The predicted molar refractivity (Wildman–Crippen MR) is 121 cm³/mol. The van der Waals surface area contributed by atoms with Crippen LogP contribution in [0, 0.1) is 23.7 Å². The van der Waals surface area contributed by atoms with E-state index in [0.29, 0.717) is 11.1 Å². The van der Waals surface area contributed by atoms with Crippen LogP contribution in [-0.4, -0.2) is 74.1 Å². The van der Waals surface area contributed by atoms with Crippen molar-refractivity contribution >= 4 is 17.5 Å². The molecule has 9 nitrogen and oxygen atoms in total. The molecule has 0 heterocycles. The summed E-state index contributed by atoms with van der Waals surface area (Å²) in [6.07, 6.45) is -0.818. The van der Waals surface area contributed by atoms with Crippen LogP contribution in [-0.2, 0) is 16.0 Å². The molecule has 3 aliphatic rings. The second-order valence-corrected chi connectivity index (χ2v) is 9.72. The van der Waals surface area contributed by atoms with Crippen LogP contribution in [0.2, 0.25) is 0 Å². The SMILES string of the molecule is CC#Cc1ccc(O)c2c1C[C@H]1C[C@H]3[C@H](N(C)C)C(O)(CC(N)=O)CC(=O)[C@@]3(O)C(O)=C1C2=O. The Balaban J connectivity index is 1.91. The first-order valence-corrected chi connectivity index (χ1v) is 11.1. The minimum Gasteiger partial charge on any atom is -0.508 e. The molecule has 5 atom stereocenters. The van der Waals surface area contributed by atoms with Gasteiger partial charge in [-0.1, -0.05) is 5.92 Å². The summed E-state index contributed by atoms with van der Waals surface area (Å²) in [4.78, 5) is 40.0. The number of aromatic hydroxyl groups is 1. The molecule has 0 aromatic heterocycles. The van der Waals surface area contributed by atoms with E-state index in [1.165, 1.54) is 6.07 Å². The van der Waals surface area contributed by atoms with Gasteiger partial charge in [0, 0.05) is 29.5 Å². The largest absolute Gasteiger partial charge is 0.508 e. The molecular formula is C25H28N2O7. The molecule has 1 aromatic rings. The fourth-order valence-electron chi connectivity index (χ4n) is 6.28. The molecule has 3 aliphatic carbocycles. The van der Waals surface area contributed by atoms with Crippen molar-refractivity contribution in [1.82, 2.24) is 4.90 Å². The number of fused-ring (bicyclic) bond motifs is 3. The van der Waals surface area contributed by atoms with Crippen molar-refractivity contribution in [3.8, 4) is 17.6 Å². The highest BCUT2D eigenvalue weighted by Gasteiger charge is 2.65. The van der Waals surface area contributed by atoms with Gasteiger partial charge in [0.05, 0.1) is 17.6 Å². The van der Waals surface area contributed by atoms with Gasteiger partial charge in [-0.15, -0.1) is 5.92 Å². The van der Waals surface area contributed by atoms with Crippen LogP contribution in [0.5, 0.6) is 5.75 Å². The lowest BCUT2D eigenvalue weighted by molar-refractivity contribution is -0.185. The number of carbonyl (C=O) groups excluding carboxylic acids is 3. The maximum Gasteiger partial charge on any atom is 0.220 e.